The molecular formula is C11H15N3O2. The van der Waals surface area contributed by atoms with Crippen LogP contribution in [0.15, 0.2) is 16.9 Å². The van der Waals surface area contributed by atoms with Gasteiger partial charge >= 0.3 is 5.91 Å². The number of oxazole rings is 1. The monoisotopic (exact) mass is 221 g/mol. The molecule has 2 saturated heterocycles. The first-order valence-electron chi connectivity index (χ1n) is 5.77. The molecule has 3 rings (SSSR count). The Kier molecular flexibility index (Phi) is 2.40. The lowest BCUT2D eigenvalue weighted by Gasteiger charge is -2.34. The van der Waals surface area contributed by atoms with E-state index in [0.717, 1.165) is 32.0 Å². The molecule has 0 bridgehead atoms. The van der Waals surface area contributed by atoms with Crippen LogP contribution in [0.25, 0.3) is 0 Å². The standard InChI is InChI=1S/C11H15N3O2/c15-11(10-13-4-6-16-10)14-5-2-8-1-3-12-9(8)7-14/h4,6,8-9,12H,1-3,5,7H2. The molecule has 2 fully saturated rings. The average molecular weight is 221 g/mol. The Morgan fingerprint density at radius 1 is 1.56 bits per heavy atom. The van der Waals surface area contributed by atoms with Crippen LogP contribution in [0.4, 0.5) is 0 Å². The van der Waals surface area contributed by atoms with E-state index in [9.17, 15) is 4.79 Å². The molecule has 86 valence electrons. The van der Waals surface area contributed by atoms with E-state index >= 15 is 0 Å². The van der Waals surface area contributed by atoms with Gasteiger partial charge in [0.25, 0.3) is 5.89 Å². The van der Waals surface area contributed by atoms with Crippen molar-refractivity contribution in [2.24, 2.45) is 5.92 Å². The van der Waals surface area contributed by atoms with Gasteiger partial charge in [0.2, 0.25) is 0 Å². The summed E-state index contributed by atoms with van der Waals surface area (Å²) in [5, 5.41) is 3.44. The van der Waals surface area contributed by atoms with Crippen LogP contribution in [-0.2, 0) is 0 Å². The van der Waals surface area contributed by atoms with Crippen LogP contribution < -0.4 is 5.32 Å². The molecule has 16 heavy (non-hydrogen) atoms. The van der Waals surface area contributed by atoms with Crippen LogP contribution in [0.3, 0.4) is 0 Å². The molecule has 2 unspecified atom stereocenters. The quantitative estimate of drug-likeness (QED) is 0.750. The van der Waals surface area contributed by atoms with Gasteiger partial charge < -0.3 is 14.6 Å². The van der Waals surface area contributed by atoms with Crippen molar-refractivity contribution in [3.63, 3.8) is 0 Å². The number of carbonyl (C=O) groups is 1. The Hall–Kier alpha value is -1.36. The van der Waals surface area contributed by atoms with E-state index in [-0.39, 0.29) is 11.8 Å². The van der Waals surface area contributed by atoms with E-state index in [1.807, 2.05) is 4.90 Å². The van der Waals surface area contributed by atoms with E-state index in [1.54, 1.807) is 0 Å². The van der Waals surface area contributed by atoms with Gasteiger partial charge in [-0.15, -0.1) is 0 Å². The van der Waals surface area contributed by atoms with E-state index in [2.05, 4.69) is 10.3 Å². The van der Waals surface area contributed by atoms with Crippen molar-refractivity contribution in [2.45, 2.75) is 18.9 Å². The second-order valence-electron chi connectivity index (χ2n) is 4.49. The molecule has 2 aliphatic rings. The number of amides is 1. The van der Waals surface area contributed by atoms with Gasteiger partial charge in [0.1, 0.15) is 6.26 Å². The summed E-state index contributed by atoms with van der Waals surface area (Å²) in [7, 11) is 0. The molecule has 0 spiro atoms. The van der Waals surface area contributed by atoms with Gasteiger partial charge in [-0.25, -0.2) is 4.98 Å². The van der Waals surface area contributed by atoms with Gasteiger partial charge in [-0.1, -0.05) is 0 Å². The van der Waals surface area contributed by atoms with Gasteiger partial charge in [0.05, 0.1) is 6.20 Å². The Bertz CT molecular complexity index is 377. The highest BCUT2D eigenvalue weighted by Gasteiger charge is 2.35. The van der Waals surface area contributed by atoms with Gasteiger partial charge in [-0.05, 0) is 25.3 Å². The fraction of sp³-hybridized carbons (Fsp3) is 0.636. The summed E-state index contributed by atoms with van der Waals surface area (Å²) in [5.74, 6) is 0.863. The van der Waals surface area contributed by atoms with Crippen LogP contribution in [0, 0.1) is 5.92 Å². The molecular weight excluding hydrogens is 206 g/mol. The molecule has 5 heteroatoms. The van der Waals surface area contributed by atoms with E-state index in [0.29, 0.717) is 6.04 Å². The van der Waals surface area contributed by atoms with Crippen LogP contribution in [0.2, 0.25) is 0 Å². The zero-order valence-electron chi connectivity index (χ0n) is 9.06. The number of aromatic nitrogens is 1. The van der Waals surface area contributed by atoms with E-state index in [4.69, 9.17) is 4.42 Å². The van der Waals surface area contributed by atoms with Gasteiger partial charge in [-0.2, -0.15) is 0 Å². The van der Waals surface area contributed by atoms with Crippen molar-refractivity contribution in [1.29, 1.82) is 0 Å². The summed E-state index contributed by atoms with van der Waals surface area (Å²) >= 11 is 0. The molecule has 0 aliphatic carbocycles. The molecule has 3 heterocycles. The van der Waals surface area contributed by atoms with Crippen LogP contribution >= 0.6 is 0 Å². The molecule has 5 nitrogen and oxygen atoms in total. The van der Waals surface area contributed by atoms with Gasteiger partial charge in [-0.3, -0.25) is 4.79 Å². The van der Waals surface area contributed by atoms with Crippen molar-refractivity contribution in [2.75, 3.05) is 19.6 Å². The number of nitrogens with zero attached hydrogens (tertiary/aromatic N) is 2. The maximum atomic E-state index is 12.0. The second kappa shape index (κ2) is 3.90. The molecule has 0 aromatic carbocycles. The molecule has 0 radical (unpaired) electrons. The molecule has 1 aromatic heterocycles. The second-order valence-corrected chi connectivity index (χ2v) is 4.49. The summed E-state index contributed by atoms with van der Waals surface area (Å²) in [5.41, 5.74) is 0. The first-order chi connectivity index (χ1) is 7.84. The third-order valence-electron chi connectivity index (χ3n) is 3.58. The lowest BCUT2D eigenvalue weighted by molar-refractivity contribution is 0.0629. The number of hydrogen-bond acceptors (Lipinski definition) is 4. The summed E-state index contributed by atoms with van der Waals surface area (Å²) in [6.45, 7) is 2.69. The maximum absolute atomic E-state index is 12.0. The largest absolute Gasteiger partial charge is 0.441 e. The number of nitrogens with one attached hydrogen (secondary N) is 1. The zero-order valence-corrected chi connectivity index (χ0v) is 9.06. The molecule has 2 aliphatic heterocycles. The molecule has 1 aromatic rings. The maximum Gasteiger partial charge on any atom is 0.309 e. The van der Waals surface area contributed by atoms with Crippen molar-refractivity contribution >= 4 is 5.91 Å². The Morgan fingerprint density at radius 2 is 2.50 bits per heavy atom. The first kappa shape index (κ1) is 9.84. The minimum absolute atomic E-state index is 0.0860. The van der Waals surface area contributed by atoms with Crippen LogP contribution in [-0.4, -0.2) is 41.5 Å². The van der Waals surface area contributed by atoms with Crippen molar-refractivity contribution in [1.82, 2.24) is 15.2 Å². The number of likely N-dealkylation sites (tertiary alicyclic amines) is 1. The van der Waals surface area contributed by atoms with Crippen molar-refractivity contribution in [3.8, 4) is 0 Å². The van der Waals surface area contributed by atoms with Gasteiger partial charge in [0.15, 0.2) is 0 Å². The highest BCUT2D eigenvalue weighted by molar-refractivity contribution is 5.89. The molecule has 1 N–H and O–H groups in total. The number of piperidine rings is 1. The lowest BCUT2D eigenvalue weighted by Crippen LogP contribution is -2.48. The highest BCUT2D eigenvalue weighted by atomic mass is 16.4. The number of hydrogen-bond donors (Lipinski definition) is 1. The fourth-order valence-corrected chi connectivity index (χ4v) is 2.68. The third-order valence-corrected chi connectivity index (χ3v) is 3.58. The van der Waals surface area contributed by atoms with Crippen molar-refractivity contribution in [3.05, 3.63) is 18.4 Å². The first-order valence-corrected chi connectivity index (χ1v) is 5.77. The molecule has 0 saturated carbocycles. The Balaban J connectivity index is 1.70. The number of carbonyl (C=O) groups excluding carboxylic acids is 1. The van der Waals surface area contributed by atoms with Crippen LogP contribution in [0.5, 0.6) is 0 Å². The summed E-state index contributed by atoms with van der Waals surface area (Å²) in [4.78, 5) is 17.7. The minimum Gasteiger partial charge on any atom is -0.441 e. The number of rotatable bonds is 1. The summed E-state index contributed by atoms with van der Waals surface area (Å²) < 4.78 is 5.04. The zero-order chi connectivity index (χ0) is 11.0. The van der Waals surface area contributed by atoms with Crippen molar-refractivity contribution < 1.29 is 9.21 Å². The Labute approximate surface area is 93.8 Å². The fourth-order valence-electron chi connectivity index (χ4n) is 2.68. The third kappa shape index (κ3) is 1.61. The van der Waals surface area contributed by atoms with E-state index < -0.39 is 0 Å². The smallest absolute Gasteiger partial charge is 0.309 e. The predicted octanol–water partition coefficient (Wildman–Crippen LogP) is 0.499. The topological polar surface area (TPSA) is 58.4 Å². The average Bonchev–Trinajstić information content (AvgIpc) is 2.98. The highest BCUT2D eigenvalue weighted by Crippen LogP contribution is 2.25. The number of fused-ring (bicyclic) bond motifs is 1. The van der Waals surface area contributed by atoms with Crippen LogP contribution in [0.1, 0.15) is 23.5 Å². The summed E-state index contributed by atoms with van der Waals surface area (Å²) in [6.07, 6.45) is 5.28. The normalized spacial score (nSPS) is 29.1. The lowest BCUT2D eigenvalue weighted by atomic mass is 9.92. The molecule has 1 amide bonds. The predicted molar refractivity (Wildman–Crippen MR) is 56.9 cm³/mol. The summed E-state index contributed by atoms with van der Waals surface area (Å²) in [6, 6.07) is 0.465. The van der Waals surface area contributed by atoms with E-state index in [1.165, 1.54) is 18.9 Å². The molecule has 2 atom stereocenters. The minimum atomic E-state index is -0.0860. The SMILES string of the molecule is O=C(c1ncco1)N1CCC2CCNC2C1. The Morgan fingerprint density at radius 3 is 3.31 bits per heavy atom. The van der Waals surface area contributed by atoms with Gasteiger partial charge in [0, 0.05) is 19.1 Å².